The smallest absolute Gasteiger partial charge is 0.325 e. The first-order valence-corrected chi connectivity index (χ1v) is 14.1. The molecule has 0 saturated carbocycles. The van der Waals surface area contributed by atoms with Gasteiger partial charge >= 0.3 is 6.03 Å². The molecule has 2 aliphatic rings. The molecule has 3 aromatic carbocycles. The van der Waals surface area contributed by atoms with Gasteiger partial charge in [0.25, 0.3) is 0 Å². The molecule has 2 heterocycles. The molecule has 214 valence electrons. The van der Waals surface area contributed by atoms with E-state index in [1.165, 1.54) is 4.90 Å². The zero-order chi connectivity index (χ0) is 29.0. The Morgan fingerprint density at radius 1 is 1.05 bits per heavy atom. The summed E-state index contributed by atoms with van der Waals surface area (Å²) in [6.07, 6.45) is 3.46. The number of hydrogen-bond acceptors (Lipinski definition) is 4. The van der Waals surface area contributed by atoms with Crippen molar-refractivity contribution in [1.82, 2.24) is 15.5 Å². The number of nitrogens with one attached hydrogen (secondary N) is 2. The third-order valence-electron chi connectivity index (χ3n) is 8.56. The third-order valence-corrected chi connectivity index (χ3v) is 8.56. The van der Waals surface area contributed by atoms with Crippen LogP contribution < -0.4 is 15.4 Å². The maximum Gasteiger partial charge on any atom is 0.325 e. The maximum absolute atomic E-state index is 15.6. The van der Waals surface area contributed by atoms with Crippen molar-refractivity contribution in [3.05, 3.63) is 127 Å². The number of nitrogens with zero attached hydrogens (tertiary/aromatic N) is 1. The van der Waals surface area contributed by atoms with E-state index in [4.69, 9.17) is 9.47 Å². The van der Waals surface area contributed by atoms with E-state index in [9.17, 15) is 4.79 Å². The number of methoxy groups -OCH3 is 1. The number of urea groups is 1. The maximum atomic E-state index is 15.6. The number of alkyl halides is 1. The predicted molar refractivity (Wildman–Crippen MR) is 159 cm³/mol. The molecule has 2 amide bonds. The molecule has 1 fully saturated rings. The van der Waals surface area contributed by atoms with E-state index in [1.54, 1.807) is 19.4 Å². The number of amides is 2. The minimum Gasteiger partial charge on any atom is -0.497 e. The SMILES string of the molecule is C=CC[C@]1(CC)O[C@@H](N2C=CC(NC(c3ccccc3)(c3ccccc3)c3ccc(OC)cc3)NC2=O)[C@H](F)[C@@H]1C. The first-order valence-electron chi connectivity index (χ1n) is 14.1. The van der Waals surface area contributed by atoms with E-state index in [1.807, 2.05) is 80.6 Å². The molecule has 0 aliphatic carbocycles. The number of hydrogen-bond donors (Lipinski definition) is 2. The molecule has 7 heteroatoms. The molecule has 41 heavy (non-hydrogen) atoms. The van der Waals surface area contributed by atoms with Crippen molar-refractivity contribution in [2.75, 3.05) is 7.11 Å². The van der Waals surface area contributed by atoms with E-state index in [0.717, 1.165) is 22.4 Å². The van der Waals surface area contributed by atoms with E-state index in [0.29, 0.717) is 12.8 Å². The fraction of sp³-hybridized carbons (Fsp3) is 0.324. The Morgan fingerprint density at radius 2 is 1.63 bits per heavy atom. The number of halogens is 1. The lowest BCUT2D eigenvalue weighted by Crippen LogP contribution is -2.60. The minimum atomic E-state index is -1.33. The van der Waals surface area contributed by atoms with E-state index in [-0.39, 0.29) is 5.92 Å². The van der Waals surface area contributed by atoms with Crippen molar-refractivity contribution in [3.63, 3.8) is 0 Å². The molecular formula is C34H38FN3O3. The van der Waals surface area contributed by atoms with Crippen LogP contribution in [0, 0.1) is 5.92 Å². The van der Waals surface area contributed by atoms with E-state index < -0.39 is 35.7 Å². The third kappa shape index (κ3) is 5.16. The average molecular weight is 556 g/mol. The fourth-order valence-corrected chi connectivity index (χ4v) is 6.18. The van der Waals surface area contributed by atoms with Crippen molar-refractivity contribution in [2.45, 2.75) is 56.4 Å². The van der Waals surface area contributed by atoms with Gasteiger partial charge in [-0.15, -0.1) is 6.58 Å². The van der Waals surface area contributed by atoms with Gasteiger partial charge in [0.1, 0.15) is 11.9 Å². The Morgan fingerprint density at radius 3 is 2.15 bits per heavy atom. The average Bonchev–Trinajstić information content (AvgIpc) is 3.26. The van der Waals surface area contributed by atoms with Crippen LogP contribution in [-0.2, 0) is 10.3 Å². The van der Waals surface area contributed by atoms with Crippen LogP contribution in [0.4, 0.5) is 9.18 Å². The Bertz CT molecular complexity index is 1330. The quantitative estimate of drug-likeness (QED) is 0.222. The molecule has 0 bridgehead atoms. The molecule has 5 atom stereocenters. The largest absolute Gasteiger partial charge is 0.497 e. The number of carbonyl (C=O) groups excluding carboxylic acids is 1. The number of rotatable bonds is 10. The summed E-state index contributed by atoms with van der Waals surface area (Å²) >= 11 is 0. The first-order chi connectivity index (χ1) is 19.9. The van der Waals surface area contributed by atoms with Gasteiger partial charge in [-0.05, 0) is 47.7 Å². The Kier molecular flexibility index (Phi) is 8.29. The Labute approximate surface area is 241 Å². The lowest BCUT2D eigenvalue weighted by atomic mass is 9.76. The van der Waals surface area contributed by atoms with Gasteiger partial charge in [-0.1, -0.05) is 92.7 Å². The first kappa shape index (κ1) is 28.6. The fourth-order valence-electron chi connectivity index (χ4n) is 6.18. The standard InChI is InChI=1S/C34H38FN3O3/c1-5-22-33(6-2)24(3)30(35)31(41-33)38-23-21-29(36-32(38)39)37-34(25-13-9-7-10-14-25,26-15-11-8-12-16-26)27-17-19-28(40-4)20-18-27/h5,7-21,23-24,29-31,37H,1,6,22H2,2-4H3,(H,36,39)/t24-,29?,30+,31+,33-/m0/s1. The summed E-state index contributed by atoms with van der Waals surface area (Å²) in [4.78, 5) is 14.9. The number of ether oxygens (including phenoxy) is 2. The highest BCUT2D eigenvalue weighted by atomic mass is 19.1. The number of carbonyl (C=O) groups is 1. The minimum absolute atomic E-state index is 0.383. The molecule has 1 unspecified atom stereocenters. The highest BCUT2D eigenvalue weighted by Crippen LogP contribution is 2.44. The van der Waals surface area contributed by atoms with Crippen LogP contribution in [0.3, 0.4) is 0 Å². The summed E-state index contributed by atoms with van der Waals surface area (Å²) in [5.74, 6) is 0.364. The Balaban J connectivity index is 1.52. The second kappa shape index (κ2) is 11.9. The summed E-state index contributed by atoms with van der Waals surface area (Å²) in [5.41, 5.74) is 1.43. The molecule has 1 saturated heterocycles. The molecule has 2 aliphatic heterocycles. The lowest BCUT2D eigenvalue weighted by Gasteiger charge is -2.41. The number of benzene rings is 3. The molecule has 0 aromatic heterocycles. The highest BCUT2D eigenvalue weighted by Gasteiger charge is 2.54. The highest BCUT2D eigenvalue weighted by molar-refractivity contribution is 5.77. The molecule has 5 rings (SSSR count). The van der Waals surface area contributed by atoms with Gasteiger partial charge in [0.05, 0.1) is 18.2 Å². The summed E-state index contributed by atoms with van der Waals surface area (Å²) in [6.45, 7) is 7.66. The van der Waals surface area contributed by atoms with Crippen LogP contribution in [0.1, 0.15) is 43.4 Å². The second-order valence-corrected chi connectivity index (χ2v) is 10.7. The zero-order valence-electron chi connectivity index (χ0n) is 23.8. The van der Waals surface area contributed by atoms with Crippen molar-refractivity contribution >= 4 is 6.03 Å². The summed E-state index contributed by atoms with van der Waals surface area (Å²) in [6, 6.07) is 27.7. The molecule has 0 radical (unpaired) electrons. The van der Waals surface area contributed by atoms with Gasteiger partial charge < -0.3 is 14.8 Å². The topological polar surface area (TPSA) is 62.8 Å². The van der Waals surface area contributed by atoms with Gasteiger partial charge in [-0.25, -0.2) is 9.18 Å². The van der Waals surface area contributed by atoms with Crippen molar-refractivity contribution in [3.8, 4) is 5.75 Å². The van der Waals surface area contributed by atoms with Crippen LogP contribution >= 0.6 is 0 Å². The van der Waals surface area contributed by atoms with Crippen LogP contribution in [0.15, 0.2) is 110 Å². The van der Waals surface area contributed by atoms with Gasteiger partial charge in [0.2, 0.25) is 0 Å². The monoisotopic (exact) mass is 555 g/mol. The van der Waals surface area contributed by atoms with Crippen LogP contribution in [0.2, 0.25) is 0 Å². The van der Waals surface area contributed by atoms with E-state index in [2.05, 4.69) is 41.5 Å². The van der Waals surface area contributed by atoms with Gasteiger partial charge in [-0.3, -0.25) is 10.2 Å². The lowest BCUT2D eigenvalue weighted by molar-refractivity contribution is -0.0971. The van der Waals surface area contributed by atoms with Crippen LogP contribution in [-0.4, -0.2) is 42.2 Å². The Hall–Kier alpha value is -3.94. The van der Waals surface area contributed by atoms with E-state index >= 15 is 4.39 Å². The van der Waals surface area contributed by atoms with Crippen LogP contribution in [0.5, 0.6) is 5.75 Å². The van der Waals surface area contributed by atoms with Gasteiger partial charge in [0.15, 0.2) is 12.4 Å². The van der Waals surface area contributed by atoms with Crippen molar-refractivity contribution in [1.29, 1.82) is 0 Å². The molecular weight excluding hydrogens is 517 g/mol. The summed E-state index contributed by atoms with van der Waals surface area (Å²) in [5, 5.41) is 6.77. The van der Waals surface area contributed by atoms with Crippen molar-refractivity contribution in [2.24, 2.45) is 5.92 Å². The zero-order valence-corrected chi connectivity index (χ0v) is 23.8. The summed E-state index contributed by atoms with van der Waals surface area (Å²) in [7, 11) is 1.64. The summed E-state index contributed by atoms with van der Waals surface area (Å²) < 4.78 is 27.3. The van der Waals surface area contributed by atoms with Crippen molar-refractivity contribution < 1.29 is 18.7 Å². The van der Waals surface area contributed by atoms with Gasteiger partial charge in [0, 0.05) is 12.1 Å². The predicted octanol–water partition coefficient (Wildman–Crippen LogP) is 6.50. The molecule has 0 spiro atoms. The van der Waals surface area contributed by atoms with Gasteiger partial charge in [-0.2, -0.15) is 0 Å². The molecule has 6 nitrogen and oxygen atoms in total. The normalized spacial score (nSPS) is 26.0. The second-order valence-electron chi connectivity index (χ2n) is 10.7. The van der Waals surface area contributed by atoms with Crippen LogP contribution in [0.25, 0.3) is 0 Å². The molecule has 3 aromatic rings. The molecule has 2 N–H and O–H groups in total.